The van der Waals surface area contributed by atoms with E-state index in [0.29, 0.717) is 36.2 Å². The first kappa shape index (κ1) is 21.1. The summed E-state index contributed by atoms with van der Waals surface area (Å²) in [5, 5.41) is 3.12. The van der Waals surface area contributed by atoms with E-state index in [4.69, 9.17) is 17.3 Å². The Labute approximate surface area is 195 Å². The van der Waals surface area contributed by atoms with Gasteiger partial charge in [0, 0.05) is 41.6 Å². The van der Waals surface area contributed by atoms with E-state index in [-0.39, 0.29) is 11.8 Å². The predicted molar refractivity (Wildman–Crippen MR) is 127 cm³/mol. The van der Waals surface area contributed by atoms with Gasteiger partial charge in [-0.1, -0.05) is 23.7 Å². The number of pyridine rings is 1. The van der Waals surface area contributed by atoms with Gasteiger partial charge in [-0.25, -0.2) is 9.97 Å². The quantitative estimate of drug-likeness (QED) is 0.503. The fraction of sp³-hybridized carbons (Fsp3) is 0.208. The summed E-state index contributed by atoms with van der Waals surface area (Å²) in [5.74, 6) is 0.0588. The summed E-state index contributed by atoms with van der Waals surface area (Å²) in [5.41, 5.74) is 7.88. The van der Waals surface area contributed by atoms with E-state index in [2.05, 4.69) is 15.0 Å². The second kappa shape index (κ2) is 8.29. The molecule has 0 saturated carbocycles. The number of aromatic nitrogens is 3. The van der Waals surface area contributed by atoms with Gasteiger partial charge in [-0.05, 0) is 48.2 Å². The molecule has 0 aliphatic carbocycles. The van der Waals surface area contributed by atoms with Crippen molar-refractivity contribution < 1.29 is 9.59 Å². The van der Waals surface area contributed by atoms with Crippen LogP contribution in [0.5, 0.6) is 0 Å². The van der Waals surface area contributed by atoms with Crippen LogP contribution < -0.4 is 5.73 Å². The highest BCUT2D eigenvalue weighted by Gasteiger charge is 2.35. The van der Waals surface area contributed by atoms with Gasteiger partial charge in [0.15, 0.2) is 0 Å². The molecule has 1 fully saturated rings. The van der Waals surface area contributed by atoms with Crippen molar-refractivity contribution in [3.05, 3.63) is 71.3 Å². The first-order valence-electron chi connectivity index (χ1n) is 10.5. The van der Waals surface area contributed by atoms with Crippen LogP contribution in [0.2, 0.25) is 5.02 Å². The second-order valence-electron chi connectivity index (χ2n) is 8.11. The Kier molecular flexibility index (Phi) is 5.30. The SMILES string of the molecule is C[C@H]1C(=O)N(Cc2ccc3c(N)ncnc3c2)CCN1C(=O)c1cc2ccc(Cl)cc2cn1. The molecule has 0 spiro atoms. The van der Waals surface area contributed by atoms with Crippen LogP contribution in [0.1, 0.15) is 23.0 Å². The van der Waals surface area contributed by atoms with Crippen molar-refractivity contribution in [3.8, 4) is 0 Å². The number of benzene rings is 2. The zero-order valence-electron chi connectivity index (χ0n) is 17.9. The molecule has 4 aromatic rings. The van der Waals surface area contributed by atoms with Crippen LogP contribution in [0.15, 0.2) is 55.0 Å². The molecule has 5 rings (SSSR count). The Bertz CT molecular complexity index is 1410. The molecule has 2 amide bonds. The summed E-state index contributed by atoms with van der Waals surface area (Å²) in [6.07, 6.45) is 3.06. The number of nitrogens with zero attached hydrogens (tertiary/aromatic N) is 5. The van der Waals surface area contributed by atoms with Gasteiger partial charge in [-0.2, -0.15) is 0 Å². The summed E-state index contributed by atoms with van der Waals surface area (Å²) >= 11 is 6.03. The average Bonchev–Trinajstić information content (AvgIpc) is 2.81. The number of rotatable bonds is 3. The first-order chi connectivity index (χ1) is 15.9. The van der Waals surface area contributed by atoms with Gasteiger partial charge in [0.25, 0.3) is 5.91 Å². The lowest BCUT2D eigenvalue weighted by molar-refractivity contribution is -0.140. The van der Waals surface area contributed by atoms with Crippen molar-refractivity contribution in [1.82, 2.24) is 24.8 Å². The minimum atomic E-state index is -0.590. The van der Waals surface area contributed by atoms with Crippen LogP contribution in [0.4, 0.5) is 5.82 Å². The highest BCUT2D eigenvalue weighted by molar-refractivity contribution is 6.31. The number of hydrogen-bond acceptors (Lipinski definition) is 6. The summed E-state index contributed by atoms with van der Waals surface area (Å²) in [6, 6.07) is 12.3. The van der Waals surface area contributed by atoms with Crippen LogP contribution in [0.3, 0.4) is 0 Å². The lowest BCUT2D eigenvalue weighted by Crippen LogP contribution is -2.57. The molecular formula is C24H21ClN6O2. The van der Waals surface area contributed by atoms with Gasteiger partial charge >= 0.3 is 0 Å². The fourth-order valence-corrected chi connectivity index (χ4v) is 4.36. The van der Waals surface area contributed by atoms with Crippen LogP contribution >= 0.6 is 11.6 Å². The minimum Gasteiger partial charge on any atom is -0.383 e. The lowest BCUT2D eigenvalue weighted by Gasteiger charge is -2.39. The van der Waals surface area contributed by atoms with E-state index in [1.807, 2.05) is 24.3 Å². The van der Waals surface area contributed by atoms with E-state index in [0.717, 1.165) is 27.2 Å². The number of fused-ring (bicyclic) bond motifs is 2. The van der Waals surface area contributed by atoms with Gasteiger partial charge in [-0.3, -0.25) is 14.6 Å². The predicted octanol–water partition coefficient (Wildman–Crippen LogP) is 3.29. The minimum absolute atomic E-state index is 0.107. The molecule has 1 saturated heterocycles. The third-order valence-electron chi connectivity index (χ3n) is 6.02. The molecule has 2 aromatic heterocycles. The van der Waals surface area contributed by atoms with Gasteiger partial charge in [-0.15, -0.1) is 0 Å². The molecule has 0 radical (unpaired) electrons. The highest BCUT2D eigenvalue weighted by Crippen LogP contribution is 2.23. The number of piperazine rings is 1. The molecule has 1 aliphatic heterocycles. The summed E-state index contributed by atoms with van der Waals surface area (Å²) < 4.78 is 0. The molecule has 9 heteroatoms. The molecule has 8 nitrogen and oxygen atoms in total. The van der Waals surface area contributed by atoms with Gasteiger partial charge in [0.05, 0.1) is 5.52 Å². The monoisotopic (exact) mass is 460 g/mol. The number of carbonyl (C=O) groups excluding carboxylic acids is 2. The summed E-state index contributed by atoms with van der Waals surface area (Å²) in [6.45, 7) is 3.04. The molecule has 2 aromatic carbocycles. The number of amides is 2. The van der Waals surface area contributed by atoms with Crippen LogP contribution in [0, 0.1) is 0 Å². The normalized spacial score (nSPS) is 16.5. The van der Waals surface area contributed by atoms with Gasteiger partial charge in [0.1, 0.15) is 23.9 Å². The van der Waals surface area contributed by atoms with Crippen molar-refractivity contribution in [3.63, 3.8) is 0 Å². The van der Waals surface area contributed by atoms with E-state index >= 15 is 0 Å². The molecule has 3 heterocycles. The van der Waals surface area contributed by atoms with Gasteiger partial charge in [0.2, 0.25) is 5.91 Å². The van der Waals surface area contributed by atoms with E-state index in [1.165, 1.54) is 6.33 Å². The van der Waals surface area contributed by atoms with Crippen molar-refractivity contribution in [2.75, 3.05) is 18.8 Å². The zero-order chi connectivity index (χ0) is 23.1. The third-order valence-corrected chi connectivity index (χ3v) is 6.25. The Balaban J connectivity index is 1.32. The van der Waals surface area contributed by atoms with Crippen molar-refractivity contribution in [2.24, 2.45) is 0 Å². The molecule has 1 aliphatic rings. The number of carbonyl (C=O) groups is 2. The highest BCUT2D eigenvalue weighted by atomic mass is 35.5. The van der Waals surface area contributed by atoms with Gasteiger partial charge < -0.3 is 15.5 Å². The maximum Gasteiger partial charge on any atom is 0.273 e. The van der Waals surface area contributed by atoms with Crippen molar-refractivity contribution in [1.29, 1.82) is 0 Å². The maximum absolute atomic E-state index is 13.2. The van der Waals surface area contributed by atoms with E-state index in [9.17, 15) is 9.59 Å². The Morgan fingerprint density at radius 3 is 2.79 bits per heavy atom. The van der Waals surface area contributed by atoms with E-state index in [1.54, 1.807) is 41.1 Å². The van der Waals surface area contributed by atoms with Crippen LogP contribution in [0.25, 0.3) is 21.7 Å². The Morgan fingerprint density at radius 1 is 1.09 bits per heavy atom. The molecule has 166 valence electrons. The van der Waals surface area contributed by atoms with E-state index < -0.39 is 6.04 Å². The molecule has 2 N–H and O–H groups in total. The Hall–Kier alpha value is -3.78. The standard InChI is InChI=1S/C24H21ClN6O2/c1-14-23(32)30(12-15-2-5-19-20(8-15)28-13-29-22(19)26)6-7-31(14)24(33)21-10-16-3-4-18(25)9-17(16)11-27-21/h2-5,8-11,13-14H,6-7,12H2,1H3,(H2,26,28,29)/t14-/m0/s1. The number of nitrogens with two attached hydrogens (primary N) is 1. The fourth-order valence-electron chi connectivity index (χ4n) is 4.18. The summed E-state index contributed by atoms with van der Waals surface area (Å²) in [4.78, 5) is 42.2. The number of halogens is 1. The molecule has 1 atom stereocenters. The van der Waals surface area contributed by atoms with Crippen LogP contribution in [-0.2, 0) is 11.3 Å². The van der Waals surface area contributed by atoms with Crippen molar-refractivity contribution in [2.45, 2.75) is 19.5 Å². The lowest BCUT2D eigenvalue weighted by atomic mass is 10.1. The van der Waals surface area contributed by atoms with Crippen molar-refractivity contribution >= 4 is 50.9 Å². The molecule has 33 heavy (non-hydrogen) atoms. The number of anilines is 1. The van der Waals surface area contributed by atoms with Crippen LogP contribution in [-0.4, -0.2) is 55.7 Å². The molecule has 0 bridgehead atoms. The third kappa shape index (κ3) is 3.93. The molecule has 0 unspecified atom stereocenters. The zero-order valence-corrected chi connectivity index (χ0v) is 18.7. The smallest absolute Gasteiger partial charge is 0.273 e. The first-order valence-corrected chi connectivity index (χ1v) is 10.9. The average molecular weight is 461 g/mol. The largest absolute Gasteiger partial charge is 0.383 e. The maximum atomic E-state index is 13.2. The molecular weight excluding hydrogens is 440 g/mol. The number of nitrogen functional groups attached to an aromatic ring is 1. The number of hydrogen-bond donors (Lipinski definition) is 1. The second-order valence-corrected chi connectivity index (χ2v) is 8.54. The Morgan fingerprint density at radius 2 is 1.94 bits per heavy atom. The summed E-state index contributed by atoms with van der Waals surface area (Å²) in [7, 11) is 0. The topological polar surface area (TPSA) is 105 Å².